The van der Waals surface area contributed by atoms with Gasteiger partial charge in [-0.3, -0.25) is 14.7 Å². The largest absolute Gasteiger partial charge is 0.279 e. The van der Waals surface area contributed by atoms with Crippen LogP contribution in [0.15, 0.2) is 71.5 Å². The Labute approximate surface area is 188 Å². The molecule has 0 atom stereocenters. The topological polar surface area (TPSA) is 46.1 Å². The minimum atomic E-state index is -0.0718. The van der Waals surface area contributed by atoms with Crippen LogP contribution >= 0.6 is 27.3 Å². The quantitative estimate of drug-likeness (QED) is 0.331. The van der Waals surface area contributed by atoms with Gasteiger partial charge in [-0.05, 0) is 52.9 Å². The van der Waals surface area contributed by atoms with Crippen molar-refractivity contribution >= 4 is 48.5 Å². The van der Waals surface area contributed by atoms with Crippen LogP contribution in [0, 0.1) is 0 Å². The number of nitrogens with zero attached hydrogens (tertiary/aromatic N) is 3. The van der Waals surface area contributed by atoms with Gasteiger partial charge in [-0.25, -0.2) is 4.98 Å². The zero-order valence-corrected chi connectivity index (χ0v) is 19.5. The van der Waals surface area contributed by atoms with Crippen molar-refractivity contribution in [2.45, 2.75) is 32.7 Å². The van der Waals surface area contributed by atoms with E-state index in [9.17, 15) is 4.79 Å². The third-order valence-electron chi connectivity index (χ3n) is 4.88. The van der Waals surface area contributed by atoms with Crippen molar-refractivity contribution in [1.29, 1.82) is 0 Å². The predicted octanol–water partition coefficient (Wildman–Crippen LogP) is 6.60. The third kappa shape index (κ3) is 4.45. The smallest absolute Gasteiger partial charge is 0.260 e. The molecule has 30 heavy (non-hydrogen) atoms. The molecule has 1 amide bonds. The number of thiazole rings is 1. The van der Waals surface area contributed by atoms with Crippen LogP contribution in [0.3, 0.4) is 0 Å². The molecular weight excluding hydrogens is 458 g/mol. The van der Waals surface area contributed by atoms with E-state index in [4.69, 9.17) is 4.98 Å². The molecule has 0 aliphatic heterocycles. The summed E-state index contributed by atoms with van der Waals surface area (Å²) in [6.45, 7) is 6.90. The molecule has 0 aliphatic rings. The molecule has 4 nitrogen and oxygen atoms in total. The molecule has 0 saturated carbocycles. The second-order valence-electron chi connectivity index (χ2n) is 8.19. The van der Waals surface area contributed by atoms with Gasteiger partial charge in [-0.2, -0.15) is 0 Å². The Kier molecular flexibility index (Phi) is 5.71. The first-order chi connectivity index (χ1) is 14.3. The summed E-state index contributed by atoms with van der Waals surface area (Å²) in [5.74, 6) is -0.0718. The molecule has 0 N–H and O–H groups in total. The molecule has 6 heteroatoms. The fourth-order valence-corrected chi connectivity index (χ4v) is 4.69. The van der Waals surface area contributed by atoms with Gasteiger partial charge in [-0.15, -0.1) is 0 Å². The molecule has 152 valence electrons. The van der Waals surface area contributed by atoms with E-state index in [2.05, 4.69) is 41.7 Å². The summed E-state index contributed by atoms with van der Waals surface area (Å²) < 4.78 is 2.03. The monoisotopic (exact) mass is 479 g/mol. The lowest BCUT2D eigenvalue weighted by molar-refractivity contribution is 0.0985. The highest BCUT2D eigenvalue weighted by Gasteiger charge is 2.23. The number of carbonyl (C=O) groups excluding carboxylic acids is 1. The van der Waals surface area contributed by atoms with Crippen molar-refractivity contribution in [3.63, 3.8) is 0 Å². The maximum absolute atomic E-state index is 13.5. The fraction of sp³-hybridized carbons (Fsp3) is 0.208. The number of fused-ring (bicyclic) bond motifs is 1. The average molecular weight is 480 g/mol. The molecule has 2 aromatic heterocycles. The average Bonchev–Trinajstić information content (AvgIpc) is 3.14. The molecule has 0 unspecified atom stereocenters. The second kappa shape index (κ2) is 8.28. The third-order valence-corrected chi connectivity index (χ3v) is 6.41. The minimum Gasteiger partial charge on any atom is -0.279 e. The predicted molar refractivity (Wildman–Crippen MR) is 127 cm³/mol. The van der Waals surface area contributed by atoms with Gasteiger partial charge in [0.25, 0.3) is 5.91 Å². The Morgan fingerprint density at radius 1 is 1.10 bits per heavy atom. The molecule has 0 radical (unpaired) electrons. The van der Waals surface area contributed by atoms with Gasteiger partial charge in [0, 0.05) is 22.4 Å². The molecule has 4 aromatic rings. The zero-order valence-electron chi connectivity index (χ0n) is 17.1. The Morgan fingerprint density at radius 3 is 2.53 bits per heavy atom. The maximum atomic E-state index is 13.5. The standard InChI is InChI=1S/C24H22BrN3OS/c1-24(2,3)18-8-6-17(7-9-18)22(29)28(15-16-5-4-12-26-14-16)23-27-20-11-10-19(25)13-21(20)30-23/h4-14H,15H2,1-3H3. The van der Waals surface area contributed by atoms with Crippen molar-refractivity contribution in [2.75, 3.05) is 4.90 Å². The van der Waals surface area contributed by atoms with E-state index in [0.29, 0.717) is 17.2 Å². The molecule has 0 aliphatic carbocycles. The van der Waals surface area contributed by atoms with Crippen LogP contribution < -0.4 is 4.90 Å². The van der Waals surface area contributed by atoms with Crippen LogP contribution in [0.5, 0.6) is 0 Å². The summed E-state index contributed by atoms with van der Waals surface area (Å²) in [6, 6.07) is 17.7. The summed E-state index contributed by atoms with van der Waals surface area (Å²) in [5.41, 5.74) is 3.72. The number of aromatic nitrogens is 2. The van der Waals surface area contributed by atoms with Gasteiger partial charge in [0.2, 0.25) is 0 Å². The van der Waals surface area contributed by atoms with Gasteiger partial charge >= 0.3 is 0 Å². The van der Waals surface area contributed by atoms with E-state index in [1.54, 1.807) is 17.3 Å². The highest BCUT2D eigenvalue weighted by Crippen LogP contribution is 2.33. The van der Waals surface area contributed by atoms with Crippen LogP contribution in [0.1, 0.15) is 42.3 Å². The highest BCUT2D eigenvalue weighted by molar-refractivity contribution is 9.10. The van der Waals surface area contributed by atoms with Gasteiger partial charge < -0.3 is 0 Å². The van der Waals surface area contributed by atoms with E-state index in [1.165, 1.54) is 16.9 Å². The fourth-order valence-electron chi connectivity index (χ4n) is 3.17. The van der Waals surface area contributed by atoms with E-state index < -0.39 is 0 Å². The second-order valence-corrected chi connectivity index (χ2v) is 10.1. The van der Waals surface area contributed by atoms with E-state index in [0.717, 1.165) is 20.3 Å². The summed E-state index contributed by atoms with van der Waals surface area (Å²) in [6.07, 6.45) is 3.52. The molecule has 0 saturated heterocycles. The Hall–Kier alpha value is -2.57. The number of pyridine rings is 1. The molecule has 4 rings (SSSR count). The lowest BCUT2D eigenvalue weighted by Crippen LogP contribution is -2.30. The lowest BCUT2D eigenvalue weighted by Gasteiger charge is -2.22. The molecule has 2 aromatic carbocycles. The van der Waals surface area contributed by atoms with Gasteiger partial charge in [0.15, 0.2) is 5.13 Å². The first-order valence-corrected chi connectivity index (χ1v) is 11.3. The Balaban J connectivity index is 1.73. The molecular formula is C24H22BrN3OS. The van der Waals surface area contributed by atoms with Crippen molar-refractivity contribution < 1.29 is 4.79 Å². The number of benzene rings is 2. The van der Waals surface area contributed by atoms with Crippen molar-refractivity contribution in [3.8, 4) is 0 Å². The summed E-state index contributed by atoms with van der Waals surface area (Å²) in [4.78, 5) is 24.2. The SMILES string of the molecule is CC(C)(C)c1ccc(C(=O)N(Cc2cccnc2)c2nc3ccc(Br)cc3s2)cc1. The van der Waals surface area contributed by atoms with E-state index in [-0.39, 0.29) is 11.3 Å². The lowest BCUT2D eigenvalue weighted by atomic mass is 9.86. The number of hydrogen-bond donors (Lipinski definition) is 0. The first-order valence-electron chi connectivity index (χ1n) is 9.69. The molecule has 0 bridgehead atoms. The van der Waals surface area contributed by atoms with Crippen molar-refractivity contribution in [3.05, 3.63) is 88.2 Å². The molecule has 2 heterocycles. The number of halogens is 1. The first kappa shape index (κ1) is 20.7. The number of hydrogen-bond acceptors (Lipinski definition) is 4. The van der Waals surface area contributed by atoms with Crippen LogP contribution in [0.2, 0.25) is 0 Å². The number of carbonyl (C=O) groups is 1. The van der Waals surface area contributed by atoms with Crippen LogP contribution in [-0.2, 0) is 12.0 Å². The minimum absolute atomic E-state index is 0.0391. The summed E-state index contributed by atoms with van der Waals surface area (Å²) in [5, 5.41) is 0.678. The van der Waals surface area contributed by atoms with E-state index >= 15 is 0 Å². The van der Waals surface area contributed by atoms with Crippen molar-refractivity contribution in [2.24, 2.45) is 0 Å². The normalized spacial score (nSPS) is 11.6. The van der Waals surface area contributed by atoms with E-state index in [1.807, 2.05) is 54.6 Å². The summed E-state index contributed by atoms with van der Waals surface area (Å²) >= 11 is 5.02. The highest BCUT2D eigenvalue weighted by atomic mass is 79.9. The maximum Gasteiger partial charge on any atom is 0.260 e. The van der Waals surface area contributed by atoms with Crippen LogP contribution in [0.25, 0.3) is 10.2 Å². The number of amides is 1. The zero-order chi connectivity index (χ0) is 21.3. The number of anilines is 1. The molecule has 0 fully saturated rings. The Bertz CT molecular complexity index is 1180. The molecule has 0 spiro atoms. The Morgan fingerprint density at radius 2 is 1.87 bits per heavy atom. The van der Waals surface area contributed by atoms with Gasteiger partial charge in [0.1, 0.15) is 0 Å². The number of rotatable bonds is 4. The summed E-state index contributed by atoms with van der Waals surface area (Å²) in [7, 11) is 0. The van der Waals surface area contributed by atoms with Crippen molar-refractivity contribution in [1.82, 2.24) is 9.97 Å². The van der Waals surface area contributed by atoms with Crippen LogP contribution in [0.4, 0.5) is 5.13 Å². The van der Waals surface area contributed by atoms with Crippen LogP contribution in [-0.4, -0.2) is 15.9 Å². The van der Waals surface area contributed by atoms with Gasteiger partial charge in [0.05, 0.1) is 16.8 Å². The van der Waals surface area contributed by atoms with Gasteiger partial charge in [-0.1, -0.05) is 66.2 Å².